The largest absolute Gasteiger partial charge is 0.378 e. The second kappa shape index (κ2) is 5.41. The summed E-state index contributed by atoms with van der Waals surface area (Å²) in [5.41, 5.74) is 5.56. The van der Waals surface area contributed by atoms with Crippen LogP contribution in [-0.2, 0) is 5.88 Å². The molecule has 0 amide bonds. The summed E-state index contributed by atoms with van der Waals surface area (Å²) in [5, 5.41) is 0. The highest BCUT2D eigenvalue weighted by molar-refractivity contribution is 6.17. The minimum atomic E-state index is 0.392. The number of imidazole rings is 1. The average Bonchev–Trinajstić information content (AvgIpc) is 2.85. The van der Waals surface area contributed by atoms with Gasteiger partial charge in [0.2, 0.25) is 0 Å². The van der Waals surface area contributed by atoms with Crippen molar-refractivity contribution in [1.82, 2.24) is 9.55 Å². The fourth-order valence-electron chi connectivity index (χ4n) is 2.51. The number of halogens is 1. The molecule has 0 atom stereocenters. The van der Waals surface area contributed by atoms with Crippen LogP contribution >= 0.6 is 11.6 Å². The molecule has 0 saturated carbocycles. The topological polar surface area (TPSA) is 21.1 Å². The fraction of sp³-hybridized carbons (Fsp3) is 0.235. The number of fused-ring (bicyclic) bond motifs is 1. The molecule has 0 unspecified atom stereocenters. The van der Waals surface area contributed by atoms with Crippen LogP contribution in [0.1, 0.15) is 11.4 Å². The highest BCUT2D eigenvalue weighted by Gasteiger charge is 2.12. The third kappa shape index (κ3) is 2.49. The molecule has 0 fully saturated rings. The molecular formula is C17H18ClN3. The van der Waals surface area contributed by atoms with E-state index in [1.165, 1.54) is 11.3 Å². The molecule has 0 bridgehead atoms. The van der Waals surface area contributed by atoms with Crippen LogP contribution in [-0.4, -0.2) is 23.6 Å². The summed E-state index contributed by atoms with van der Waals surface area (Å²) in [4.78, 5) is 6.71. The molecule has 0 aliphatic heterocycles. The van der Waals surface area contributed by atoms with Gasteiger partial charge in [-0.2, -0.15) is 0 Å². The number of benzene rings is 2. The molecule has 4 heteroatoms. The van der Waals surface area contributed by atoms with Crippen LogP contribution < -0.4 is 4.90 Å². The standard InChI is InChI=1S/C17H18ClN3/c1-12-4-9-15-16(10-12)21(17(11-18)19-15)14-7-5-13(6-8-14)20(2)3/h4-10H,11H2,1-3H3. The van der Waals surface area contributed by atoms with Gasteiger partial charge >= 0.3 is 0 Å². The monoisotopic (exact) mass is 299 g/mol. The highest BCUT2D eigenvalue weighted by Crippen LogP contribution is 2.25. The zero-order chi connectivity index (χ0) is 15.0. The molecule has 3 nitrogen and oxygen atoms in total. The molecular weight excluding hydrogens is 282 g/mol. The first-order chi connectivity index (χ1) is 10.1. The van der Waals surface area contributed by atoms with Gasteiger partial charge in [-0.3, -0.25) is 4.57 Å². The lowest BCUT2D eigenvalue weighted by molar-refractivity contribution is 0.980. The van der Waals surface area contributed by atoms with Gasteiger partial charge < -0.3 is 4.90 Å². The van der Waals surface area contributed by atoms with Gasteiger partial charge in [-0.05, 0) is 48.9 Å². The van der Waals surface area contributed by atoms with E-state index < -0.39 is 0 Å². The van der Waals surface area contributed by atoms with E-state index in [2.05, 4.69) is 57.8 Å². The zero-order valence-corrected chi connectivity index (χ0v) is 13.2. The van der Waals surface area contributed by atoms with Crippen molar-refractivity contribution in [2.45, 2.75) is 12.8 Å². The van der Waals surface area contributed by atoms with E-state index in [9.17, 15) is 0 Å². The predicted molar refractivity (Wildman–Crippen MR) is 89.7 cm³/mol. The first kappa shape index (κ1) is 14.0. The van der Waals surface area contributed by atoms with Gasteiger partial charge in [0.1, 0.15) is 5.82 Å². The Labute approximate surface area is 129 Å². The number of nitrogens with zero attached hydrogens (tertiary/aromatic N) is 3. The Balaban J connectivity index is 2.20. The third-order valence-electron chi connectivity index (χ3n) is 3.62. The van der Waals surface area contributed by atoms with Gasteiger partial charge in [0.15, 0.2) is 0 Å². The molecule has 0 N–H and O–H groups in total. The van der Waals surface area contributed by atoms with Crippen LogP contribution in [0.25, 0.3) is 16.7 Å². The van der Waals surface area contributed by atoms with Gasteiger partial charge in [0.25, 0.3) is 0 Å². The summed E-state index contributed by atoms with van der Waals surface area (Å²) in [7, 11) is 4.07. The van der Waals surface area contributed by atoms with Crippen LogP contribution in [0.15, 0.2) is 42.5 Å². The lowest BCUT2D eigenvalue weighted by Crippen LogP contribution is -2.08. The Hall–Kier alpha value is -2.00. The molecule has 2 aromatic carbocycles. The second-order valence-corrected chi connectivity index (χ2v) is 5.67. The molecule has 0 aliphatic carbocycles. The van der Waals surface area contributed by atoms with E-state index >= 15 is 0 Å². The minimum Gasteiger partial charge on any atom is -0.378 e. The summed E-state index contributed by atoms with van der Waals surface area (Å²) in [6.45, 7) is 2.09. The maximum absolute atomic E-state index is 6.08. The number of alkyl halides is 1. The number of anilines is 1. The molecule has 0 spiro atoms. The van der Waals surface area contributed by atoms with Crippen molar-refractivity contribution in [3.05, 3.63) is 53.9 Å². The zero-order valence-electron chi connectivity index (χ0n) is 12.5. The predicted octanol–water partition coefficient (Wildman–Crippen LogP) is 4.14. The van der Waals surface area contributed by atoms with Crippen molar-refractivity contribution >= 4 is 28.3 Å². The molecule has 108 valence electrons. The summed E-state index contributed by atoms with van der Waals surface area (Å²) in [6, 6.07) is 14.7. The van der Waals surface area contributed by atoms with Crippen molar-refractivity contribution < 1.29 is 0 Å². The Bertz CT molecular complexity index is 773. The maximum Gasteiger partial charge on any atom is 0.129 e. The molecule has 1 aromatic heterocycles. The van der Waals surface area contributed by atoms with E-state index in [1.807, 2.05) is 20.2 Å². The Morgan fingerprint density at radius 2 is 1.81 bits per heavy atom. The average molecular weight is 300 g/mol. The molecule has 21 heavy (non-hydrogen) atoms. The van der Waals surface area contributed by atoms with Crippen LogP contribution in [0.4, 0.5) is 5.69 Å². The normalized spacial score (nSPS) is 11.0. The number of hydrogen-bond acceptors (Lipinski definition) is 2. The summed E-state index contributed by atoms with van der Waals surface area (Å²) in [5.74, 6) is 1.26. The first-order valence-electron chi connectivity index (χ1n) is 6.92. The van der Waals surface area contributed by atoms with Crippen molar-refractivity contribution in [1.29, 1.82) is 0 Å². The van der Waals surface area contributed by atoms with Gasteiger partial charge in [0, 0.05) is 25.5 Å². The third-order valence-corrected chi connectivity index (χ3v) is 3.86. The number of rotatable bonds is 3. The van der Waals surface area contributed by atoms with E-state index in [1.54, 1.807) is 0 Å². The van der Waals surface area contributed by atoms with Gasteiger partial charge in [-0.1, -0.05) is 6.07 Å². The Kier molecular flexibility index (Phi) is 3.60. The van der Waals surface area contributed by atoms with Gasteiger partial charge in [-0.15, -0.1) is 11.6 Å². The summed E-state index contributed by atoms with van der Waals surface area (Å²) < 4.78 is 2.13. The first-order valence-corrected chi connectivity index (χ1v) is 7.45. The van der Waals surface area contributed by atoms with Crippen LogP contribution in [0, 0.1) is 6.92 Å². The molecule has 0 saturated heterocycles. The number of aromatic nitrogens is 2. The van der Waals surface area contributed by atoms with Crippen molar-refractivity contribution in [3.8, 4) is 5.69 Å². The van der Waals surface area contributed by atoms with Crippen molar-refractivity contribution in [2.75, 3.05) is 19.0 Å². The minimum absolute atomic E-state index is 0.392. The number of aryl methyl sites for hydroxylation is 1. The quantitative estimate of drug-likeness (QED) is 0.678. The highest BCUT2D eigenvalue weighted by atomic mass is 35.5. The van der Waals surface area contributed by atoms with Crippen molar-refractivity contribution in [2.24, 2.45) is 0 Å². The SMILES string of the molecule is Cc1ccc2nc(CCl)n(-c3ccc(N(C)C)cc3)c2c1. The Morgan fingerprint density at radius 3 is 2.43 bits per heavy atom. The fourth-order valence-corrected chi connectivity index (χ4v) is 2.69. The molecule has 0 radical (unpaired) electrons. The van der Waals surface area contributed by atoms with Crippen LogP contribution in [0.2, 0.25) is 0 Å². The molecule has 3 aromatic rings. The van der Waals surface area contributed by atoms with E-state index in [-0.39, 0.29) is 0 Å². The van der Waals surface area contributed by atoms with Gasteiger partial charge in [-0.25, -0.2) is 4.98 Å². The van der Waals surface area contributed by atoms with E-state index in [0.717, 1.165) is 22.5 Å². The lowest BCUT2D eigenvalue weighted by atomic mass is 10.2. The van der Waals surface area contributed by atoms with Crippen LogP contribution in [0.5, 0.6) is 0 Å². The molecule has 3 rings (SSSR count). The van der Waals surface area contributed by atoms with Gasteiger partial charge in [0.05, 0.1) is 16.9 Å². The van der Waals surface area contributed by atoms with E-state index in [0.29, 0.717) is 5.88 Å². The van der Waals surface area contributed by atoms with Crippen molar-refractivity contribution in [3.63, 3.8) is 0 Å². The van der Waals surface area contributed by atoms with Crippen LogP contribution in [0.3, 0.4) is 0 Å². The van der Waals surface area contributed by atoms with E-state index in [4.69, 9.17) is 11.6 Å². The lowest BCUT2D eigenvalue weighted by Gasteiger charge is -2.14. The molecule has 1 heterocycles. The second-order valence-electron chi connectivity index (χ2n) is 5.40. The maximum atomic E-state index is 6.08. The Morgan fingerprint density at radius 1 is 1.10 bits per heavy atom. The smallest absolute Gasteiger partial charge is 0.129 e. The summed E-state index contributed by atoms with van der Waals surface area (Å²) in [6.07, 6.45) is 0. The molecule has 0 aliphatic rings. The number of hydrogen-bond donors (Lipinski definition) is 0. The summed E-state index contributed by atoms with van der Waals surface area (Å²) >= 11 is 6.08.